The molecule has 0 aliphatic carbocycles. The minimum atomic E-state index is 0.0353. The van der Waals surface area contributed by atoms with Crippen LogP contribution < -0.4 is 5.32 Å². The number of carbonyl (C=O) groups is 1. The number of rotatable bonds is 8. The molecule has 0 bridgehead atoms. The second-order valence-electron chi connectivity index (χ2n) is 5.72. The molecule has 0 atom stereocenters. The Bertz CT molecular complexity index is 622. The van der Waals surface area contributed by atoms with Gasteiger partial charge in [0.25, 0.3) is 0 Å². The van der Waals surface area contributed by atoms with Gasteiger partial charge >= 0.3 is 0 Å². The molecule has 6 heteroatoms. The van der Waals surface area contributed by atoms with Crippen LogP contribution in [-0.4, -0.2) is 33.0 Å². The number of benzene rings is 1. The highest BCUT2D eigenvalue weighted by molar-refractivity contribution is 7.99. The average molecular weight is 332 g/mol. The molecule has 1 N–H and O–H groups in total. The first kappa shape index (κ1) is 17.5. The van der Waals surface area contributed by atoms with Crippen LogP contribution in [0.2, 0.25) is 0 Å². The lowest BCUT2D eigenvalue weighted by Crippen LogP contribution is -2.26. The van der Waals surface area contributed by atoms with Gasteiger partial charge in [-0.05, 0) is 30.0 Å². The van der Waals surface area contributed by atoms with Crippen molar-refractivity contribution in [3.05, 3.63) is 36.2 Å². The first-order valence-corrected chi connectivity index (χ1v) is 9.00. The SMILES string of the molecule is CCCCNC(=O)CSc1nncn1-c1ccc(C(C)C)cc1. The Morgan fingerprint density at radius 3 is 2.70 bits per heavy atom. The minimum Gasteiger partial charge on any atom is -0.355 e. The maximum atomic E-state index is 11.8. The van der Waals surface area contributed by atoms with Crippen molar-refractivity contribution in [2.24, 2.45) is 0 Å². The molecular weight excluding hydrogens is 308 g/mol. The van der Waals surface area contributed by atoms with Gasteiger partial charge in [0.05, 0.1) is 5.75 Å². The number of hydrogen-bond donors (Lipinski definition) is 1. The number of thioether (sulfide) groups is 1. The monoisotopic (exact) mass is 332 g/mol. The van der Waals surface area contributed by atoms with Crippen molar-refractivity contribution in [3.8, 4) is 5.69 Å². The van der Waals surface area contributed by atoms with E-state index >= 15 is 0 Å². The Labute approximate surface area is 141 Å². The van der Waals surface area contributed by atoms with Gasteiger partial charge in [0, 0.05) is 12.2 Å². The summed E-state index contributed by atoms with van der Waals surface area (Å²) >= 11 is 1.40. The van der Waals surface area contributed by atoms with Crippen LogP contribution in [0.1, 0.15) is 45.1 Å². The van der Waals surface area contributed by atoms with E-state index in [-0.39, 0.29) is 5.91 Å². The summed E-state index contributed by atoms with van der Waals surface area (Å²) in [4.78, 5) is 11.8. The van der Waals surface area contributed by atoms with Gasteiger partial charge < -0.3 is 5.32 Å². The van der Waals surface area contributed by atoms with E-state index in [9.17, 15) is 4.79 Å². The van der Waals surface area contributed by atoms with Crippen LogP contribution in [0.25, 0.3) is 5.69 Å². The Morgan fingerprint density at radius 2 is 2.04 bits per heavy atom. The third-order valence-corrected chi connectivity index (χ3v) is 4.48. The zero-order chi connectivity index (χ0) is 16.7. The highest BCUT2D eigenvalue weighted by Gasteiger charge is 2.10. The van der Waals surface area contributed by atoms with E-state index in [1.165, 1.54) is 17.3 Å². The van der Waals surface area contributed by atoms with E-state index < -0.39 is 0 Å². The van der Waals surface area contributed by atoms with Crippen molar-refractivity contribution in [3.63, 3.8) is 0 Å². The van der Waals surface area contributed by atoms with Gasteiger partial charge in [0.2, 0.25) is 5.91 Å². The summed E-state index contributed by atoms with van der Waals surface area (Å²) in [5, 5.41) is 11.7. The zero-order valence-corrected chi connectivity index (χ0v) is 14.8. The van der Waals surface area contributed by atoms with Crippen molar-refractivity contribution < 1.29 is 4.79 Å². The summed E-state index contributed by atoms with van der Waals surface area (Å²) in [7, 11) is 0. The number of unbranched alkanes of at least 4 members (excludes halogenated alkanes) is 1. The van der Waals surface area contributed by atoms with E-state index in [4.69, 9.17) is 0 Å². The fourth-order valence-electron chi connectivity index (χ4n) is 2.11. The number of amides is 1. The van der Waals surface area contributed by atoms with Crippen LogP contribution in [0.15, 0.2) is 35.7 Å². The fourth-order valence-corrected chi connectivity index (χ4v) is 2.86. The normalized spacial score (nSPS) is 11.0. The molecule has 0 radical (unpaired) electrons. The minimum absolute atomic E-state index is 0.0353. The van der Waals surface area contributed by atoms with Crippen LogP contribution in [-0.2, 0) is 4.79 Å². The van der Waals surface area contributed by atoms with Gasteiger partial charge in [-0.1, -0.05) is 51.1 Å². The molecule has 1 amide bonds. The lowest BCUT2D eigenvalue weighted by Gasteiger charge is -2.09. The smallest absolute Gasteiger partial charge is 0.230 e. The number of nitrogens with zero attached hydrogens (tertiary/aromatic N) is 3. The molecule has 1 aromatic carbocycles. The predicted molar refractivity (Wildman–Crippen MR) is 94.1 cm³/mol. The quantitative estimate of drug-likeness (QED) is 0.594. The molecule has 0 fully saturated rings. The molecule has 1 aromatic heterocycles. The molecule has 2 rings (SSSR count). The van der Waals surface area contributed by atoms with Crippen molar-refractivity contribution in [2.45, 2.75) is 44.7 Å². The average Bonchev–Trinajstić information content (AvgIpc) is 3.02. The predicted octanol–water partition coefficient (Wildman–Crippen LogP) is 3.40. The first-order valence-electron chi connectivity index (χ1n) is 8.01. The van der Waals surface area contributed by atoms with E-state index in [0.717, 1.165) is 30.2 Å². The summed E-state index contributed by atoms with van der Waals surface area (Å²) in [5.74, 6) is 0.894. The fraction of sp³-hybridized carbons (Fsp3) is 0.471. The summed E-state index contributed by atoms with van der Waals surface area (Å²) in [6.45, 7) is 7.19. The number of hydrogen-bond acceptors (Lipinski definition) is 4. The lowest BCUT2D eigenvalue weighted by molar-refractivity contribution is -0.118. The van der Waals surface area contributed by atoms with Crippen molar-refractivity contribution in [2.75, 3.05) is 12.3 Å². The number of aromatic nitrogens is 3. The van der Waals surface area contributed by atoms with Crippen molar-refractivity contribution >= 4 is 17.7 Å². The summed E-state index contributed by atoms with van der Waals surface area (Å²) in [6, 6.07) is 8.35. The standard InChI is InChI=1S/C17H24N4OS/c1-4-5-10-18-16(22)11-23-17-20-19-12-21(17)15-8-6-14(7-9-15)13(2)3/h6-9,12-13H,4-5,10-11H2,1-3H3,(H,18,22). The molecule has 0 saturated carbocycles. The van der Waals surface area contributed by atoms with Gasteiger partial charge in [-0.2, -0.15) is 0 Å². The summed E-state index contributed by atoms with van der Waals surface area (Å²) in [6.07, 6.45) is 3.77. The van der Waals surface area contributed by atoms with Crippen LogP contribution in [0.5, 0.6) is 0 Å². The Hall–Kier alpha value is -1.82. The van der Waals surface area contributed by atoms with Gasteiger partial charge in [0.1, 0.15) is 6.33 Å². The Morgan fingerprint density at radius 1 is 1.30 bits per heavy atom. The zero-order valence-electron chi connectivity index (χ0n) is 14.0. The molecule has 0 aliphatic rings. The number of carbonyl (C=O) groups excluding carboxylic acids is 1. The van der Waals surface area contributed by atoms with E-state index in [1.807, 2.05) is 4.57 Å². The van der Waals surface area contributed by atoms with Gasteiger partial charge in [-0.15, -0.1) is 10.2 Å². The molecule has 0 saturated heterocycles. The first-order chi connectivity index (χ1) is 11.1. The topological polar surface area (TPSA) is 59.8 Å². The number of nitrogens with one attached hydrogen (secondary N) is 1. The van der Waals surface area contributed by atoms with Crippen LogP contribution in [0, 0.1) is 0 Å². The molecule has 0 spiro atoms. The van der Waals surface area contributed by atoms with Crippen LogP contribution >= 0.6 is 11.8 Å². The molecule has 0 unspecified atom stereocenters. The van der Waals surface area contributed by atoms with Gasteiger partial charge in [-0.25, -0.2) is 0 Å². The van der Waals surface area contributed by atoms with E-state index in [2.05, 4.69) is 60.6 Å². The molecule has 124 valence electrons. The molecule has 0 aliphatic heterocycles. The Kier molecular flexibility index (Phi) is 6.65. The third-order valence-electron chi connectivity index (χ3n) is 3.54. The summed E-state index contributed by atoms with van der Waals surface area (Å²) < 4.78 is 1.91. The summed E-state index contributed by atoms with van der Waals surface area (Å²) in [5.41, 5.74) is 2.31. The Balaban J connectivity index is 1.98. The largest absolute Gasteiger partial charge is 0.355 e. The molecule has 2 aromatic rings. The van der Waals surface area contributed by atoms with Crippen molar-refractivity contribution in [1.82, 2.24) is 20.1 Å². The third kappa shape index (κ3) is 5.10. The van der Waals surface area contributed by atoms with Gasteiger partial charge in [-0.3, -0.25) is 9.36 Å². The molecule has 5 nitrogen and oxygen atoms in total. The highest BCUT2D eigenvalue weighted by Crippen LogP contribution is 2.21. The highest BCUT2D eigenvalue weighted by atomic mass is 32.2. The molecule has 1 heterocycles. The molecular formula is C17H24N4OS. The van der Waals surface area contributed by atoms with E-state index in [0.29, 0.717) is 11.7 Å². The molecule has 23 heavy (non-hydrogen) atoms. The van der Waals surface area contributed by atoms with Crippen LogP contribution in [0.3, 0.4) is 0 Å². The maximum absolute atomic E-state index is 11.8. The van der Waals surface area contributed by atoms with Crippen LogP contribution in [0.4, 0.5) is 0 Å². The maximum Gasteiger partial charge on any atom is 0.230 e. The van der Waals surface area contributed by atoms with Gasteiger partial charge in [0.15, 0.2) is 5.16 Å². The second kappa shape index (κ2) is 8.72. The van der Waals surface area contributed by atoms with E-state index in [1.54, 1.807) is 6.33 Å². The second-order valence-corrected chi connectivity index (χ2v) is 6.66. The van der Waals surface area contributed by atoms with Crippen molar-refractivity contribution in [1.29, 1.82) is 0 Å². The lowest BCUT2D eigenvalue weighted by atomic mass is 10.0.